The summed E-state index contributed by atoms with van der Waals surface area (Å²) < 4.78 is 19.2. The first-order valence-corrected chi connectivity index (χ1v) is 10.6. The molecule has 0 radical (unpaired) electrons. The van der Waals surface area contributed by atoms with Crippen molar-refractivity contribution in [2.75, 3.05) is 5.32 Å². The van der Waals surface area contributed by atoms with Crippen LogP contribution >= 0.6 is 0 Å². The Hall–Kier alpha value is -2.85. The minimum absolute atomic E-state index is 0.296. The zero-order valence-electron chi connectivity index (χ0n) is 14.8. The fraction of sp³-hybridized carbons (Fsp3) is 0.300. The molecule has 27 heavy (non-hydrogen) atoms. The van der Waals surface area contributed by atoms with Gasteiger partial charge in [-0.1, -0.05) is 24.3 Å². The van der Waals surface area contributed by atoms with Crippen molar-refractivity contribution in [3.8, 4) is 6.19 Å². The molecule has 2 aromatic carbocycles. The van der Waals surface area contributed by atoms with E-state index in [-0.39, 0.29) is 0 Å². The Morgan fingerprint density at radius 3 is 2.26 bits per heavy atom. The number of anilines is 1. The Bertz CT molecular complexity index is 1030. The van der Waals surface area contributed by atoms with Crippen LogP contribution in [-0.2, 0) is 35.6 Å². The van der Waals surface area contributed by atoms with Crippen LogP contribution in [0.15, 0.2) is 45.7 Å². The number of aryl methyl sites for hydroxylation is 2. The molecule has 4 rings (SSSR count). The molecule has 0 fully saturated rings. The number of fused-ring (bicyclic) bond motifs is 2. The molecule has 0 unspecified atom stereocenters. The molecule has 0 aromatic heterocycles. The second-order valence-electron chi connectivity index (χ2n) is 6.81. The fourth-order valence-electron chi connectivity index (χ4n) is 4.01. The molecule has 0 aliphatic heterocycles. The molecule has 0 saturated heterocycles. The van der Waals surface area contributed by atoms with Gasteiger partial charge in [-0.25, -0.2) is 13.7 Å². The minimum Gasteiger partial charge on any atom is -0.305 e. The number of hydrogen-bond acceptors (Lipinski definition) is 3. The second-order valence-corrected chi connectivity index (χ2v) is 8.72. The molecule has 2 amide bonds. The van der Waals surface area contributed by atoms with Crippen LogP contribution in [0.4, 0.5) is 10.5 Å². The minimum atomic E-state index is -3.36. The molecule has 138 valence electrons. The van der Waals surface area contributed by atoms with Gasteiger partial charge in [0.15, 0.2) is 16.1 Å². The maximum Gasteiger partial charge on any atom is 0.355 e. The van der Waals surface area contributed by atoms with E-state index in [1.165, 1.54) is 22.3 Å². The van der Waals surface area contributed by atoms with Gasteiger partial charge in [-0.15, -0.1) is 4.36 Å². The molecule has 0 saturated carbocycles. The smallest absolute Gasteiger partial charge is 0.305 e. The second kappa shape index (κ2) is 7.05. The lowest BCUT2D eigenvalue weighted by Crippen LogP contribution is -2.22. The van der Waals surface area contributed by atoms with Crippen LogP contribution in [0.5, 0.6) is 0 Å². The van der Waals surface area contributed by atoms with Crippen molar-refractivity contribution in [3.05, 3.63) is 58.7 Å². The average molecular weight is 380 g/mol. The van der Waals surface area contributed by atoms with E-state index < -0.39 is 15.9 Å². The number of hydrogen-bond donors (Lipinski definition) is 2. The van der Waals surface area contributed by atoms with Gasteiger partial charge in [0.2, 0.25) is 0 Å². The summed E-state index contributed by atoms with van der Waals surface area (Å²) in [7, 11) is -3.36. The van der Waals surface area contributed by atoms with Crippen LogP contribution < -0.4 is 10.0 Å². The normalized spacial score (nSPS) is 16.6. The summed E-state index contributed by atoms with van der Waals surface area (Å²) in [5.74, 6) is 0. The van der Waals surface area contributed by atoms with Gasteiger partial charge >= 0.3 is 6.03 Å². The standard InChI is InChI=1S/C20H20N4O2S/c21-13-22-27(26,16-8-2-1-3-9-16)24-20(25)23-19-17-10-4-6-14(17)12-15-7-5-11-18(15)19/h1-3,8-9,12H,4-7,10-11H2,(H2,22,23,24,25,26)/t27-/m0/s1. The van der Waals surface area contributed by atoms with Crippen LogP contribution in [0.25, 0.3) is 0 Å². The van der Waals surface area contributed by atoms with Crippen molar-refractivity contribution in [2.24, 2.45) is 4.36 Å². The first-order valence-electron chi connectivity index (χ1n) is 9.06. The van der Waals surface area contributed by atoms with Crippen molar-refractivity contribution in [1.29, 1.82) is 5.26 Å². The molecule has 0 bridgehead atoms. The van der Waals surface area contributed by atoms with Gasteiger partial charge < -0.3 is 5.32 Å². The highest BCUT2D eigenvalue weighted by Crippen LogP contribution is 2.38. The van der Waals surface area contributed by atoms with Gasteiger partial charge in [0.05, 0.1) is 4.90 Å². The van der Waals surface area contributed by atoms with Crippen molar-refractivity contribution < 1.29 is 9.00 Å². The fourth-order valence-corrected chi connectivity index (χ4v) is 5.21. The van der Waals surface area contributed by atoms with E-state index in [4.69, 9.17) is 5.26 Å². The highest BCUT2D eigenvalue weighted by molar-refractivity contribution is 7.92. The van der Waals surface area contributed by atoms with E-state index in [0.717, 1.165) is 44.2 Å². The van der Waals surface area contributed by atoms with Crippen LogP contribution in [0, 0.1) is 11.5 Å². The summed E-state index contributed by atoms with van der Waals surface area (Å²) in [4.78, 5) is 13.0. The van der Waals surface area contributed by atoms with Gasteiger partial charge in [-0.2, -0.15) is 5.26 Å². The number of nitrogens with zero attached hydrogens (tertiary/aromatic N) is 2. The van der Waals surface area contributed by atoms with Gasteiger partial charge in [0.1, 0.15) is 0 Å². The topological polar surface area (TPSA) is 94.3 Å². The molecule has 2 aromatic rings. The largest absolute Gasteiger partial charge is 0.355 e. The van der Waals surface area contributed by atoms with Gasteiger partial charge in [0.25, 0.3) is 0 Å². The van der Waals surface area contributed by atoms with Crippen LogP contribution in [-0.4, -0.2) is 10.2 Å². The van der Waals surface area contributed by atoms with Crippen molar-refractivity contribution in [2.45, 2.75) is 43.4 Å². The maximum absolute atomic E-state index is 13.1. The van der Waals surface area contributed by atoms with Crippen molar-refractivity contribution in [1.82, 2.24) is 4.72 Å². The van der Waals surface area contributed by atoms with Gasteiger partial charge in [-0.3, -0.25) is 0 Å². The molecule has 0 heterocycles. The highest BCUT2D eigenvalue weighted by Gasteiger charge is 2.25. The SMILES string of the molecule is N#CN[S@](=O)(=NC(=O)Nc1c2c(cc3c1CCC3)CCC2)c1ccccc1. The Morgan fingerprint density at radius 2 is 1.67 bits per heavy atom. The first kappa shape index (κ1) is 17.6. The predicted molar refractivity (Wildman–Crippen MR) is 104 cm³/mol. The number of rotatable bonds is 3. The van der Waals surface area contributed by atoms with Crippen LogP contribution in [0.2, 0.25) is 0 Å². The van der Waals surface area contributed by atoms with E-state index >= 15 is 0 Å². The average Bonchev–Trinajstić information content (AvgIpc) is 3.31. The number of urea groups is 1. The third-order valence-corrected chi connectivity index (χ3v) is 6.87. The molecule has 2 N–H and O–H groups in total. The van der Waals surface area contributed by atoms with E-state index in [9.17, 15) is 9.00 Å². The Balaban J connectivity index is 1.72. The van der Waals surface area contributed by atoms with E-state index in [0.29, 0.717) is 4.90 Å². The molecule has 2 aliphatic carbocycles. The maximum atomic E-state index is 13.1. The van der Waals surface area contributed by atoms with E-state index in [1.54, 1.807) is 36.5 Å². The number of amides is 2. The summed E-state index contributed by atoms with van der Waals surface area (Å²) >= 11 is 0. The van der Waals surface area contributed by atoms with E-state index in [1.807, 2.05) is 0 Å². The quantitative estimate of drug-likeness (QED) is 0.628. The summed E-state index contributed by atoms with van der Waals surface area (Å²) in [5, 5.41) is 11.9. The third kappa shape index (κ3) is 3.28. The number of benzene rings is 2. The first-order chi connectivity index (χ1) is 13.1. The number of carbonyl (C=O) groups is 1. The Kier molecular flexibility index (Phi) is 4.58. The zero-order chi connectivity index (χ0) is 18.9. The zero-order valence-corrected chi connectivity index (χ0v) is 15.6. The molecule has 6 nitrogen and oxygen atoms in total. The van der Waals surface area contributed by atoms with Crippen LogP contribution in [0.1, 0.15) is 35.1 Å². The lowest BCUT2D eigenvalue weighted by atomic mass is 9.99. The number of nitriles is 1. The summed E-state index contributed by atoms with van der Waals surface area (Å²) in [6.07, 6.45) is 7.74. The highest BCUT2D eigenvalue weighted by atomic mass is 32.2. The Labute approximate surface area is 158 Å². The van der Waals surface area contributed by atoms with Gasteiger partial charge in [-0.05, 0) is 72.9 Å². The molecular formula is C20H20N4O2S. The third-order valence-electron chi connectivity index (χ3n) is 5.16. The molecule has 0 spiro atoms. The number of nitrogens with one attached hydrogen (secondary N) is 2. The monoisotopic (exact) mass is 380 g/mol. The number of carbonyl (C=O) groups excluding carboxylic acids is 1. The predicted octanol–water partition coefficient (Wildman–Crippen LogP) is 3.71. The molecule has 7 heteroatoms. The van der Waals surface area contributed by atoms with Gasteiger partial charge in [0, 0.05) is 5.69 Å². The molecule has 1 atom stereocenters. The summed E-state index contributed by atoms with van der Waals surface area (Å²) in [5.41, 5.74) is 5.80. The lowest BCUT2D eigenvalue weighted by molar-refractivity contribution is 0.260. The van der Waals surface area contributed by atoms with Crippen LogP contribution in [0.3, 0.4) is 0 Å². The van der Waals surface area contributed by atoms with Crippen molar-refractivity contribution >= 4 is 21.6 Å². The van der Waals surface area contributed by atoms with Crippen molar-refractivity contribution in [3.63, 3.8) is 0 Å². The van der Waals surface area contributed by atoms with E-state index in [2.05, 4.69) is 20.5 Å². The molecular weight excluding hydrogens is 360 g/mol. The molecule has 2 aliphatic rings. The Morgan fingerprint density at radius 1 is 1.04 bits per heavy atom. The lowest BCUT2D eigenvalue weighted by Gasteiger charge is -2.15. The summed E-state index contributed by atoms with van der Waals surface area (Å²) in [6, 6.07) is 9.91. The summed E-state index contributed by atoms with van der Waals surface area (Å²) in [6.45, 7) is 0.